The second kappa shape index (κ2) is 6.90. The molecule has 0 aliphatic carbocycles. The van der Waals surface area contributed by atoms with Crippen molar-refractivity contribution in [3.63, 3.8) is 0 Å². The first-order chi connectivity index (χ1) is 9.37. The third-order valence-corrected chi connectivity index (χ3v) is 3.87. The van der Waals surface area contributed by atoms with Gasteiger partial charge in [0.25, 0.3) is 5.56 Å². The van der Waals surface area contributed by atoms with Gasteiger partial charge < -0.3 is 20.3 Å². The van der Waals surface area contributed by atoms with E-state index < -0.39 is 11.6 Å². The lowest BCUT2D eigenvalue weighted by atomic mass is 9.94. The van der Waals surface area contributed by atoms with E-state index in [9.17, 15) is 14.7 Å². The lowest BCUT2D eigenvalue weighted by Gasteiger charge is -2.30. The number of halogens is 1. The molecule has 0 aliphatic heterocycles. The highest BCUT2D eigenvalue weighted by Crippen LogP contribution is 2.15. The fraction of sp³-hybridized carbons (Fsp3) is 0.538. The Balaban J connectivity index is 2.89. The van der Waals surface area contributed by atoms with Gasteiger partial charge in [0.2, 0.25) is 0 Å². The monoisotopic (exact) mass is 345 g/mol. The normalized spacial score (nSPS) is 11.2. The van der Waals surface area contributed by atoms with Crippen molar-refractivity contribution in [1.29, 1.82) is 0 Å². The number of aliphatic hydroxyl groups is 1. The summed E-state index contributed by atoms with van der Waals surface area (Å²) in [7, 11) is 1.60. The largest absolute Gasteiger partial charge is 0.394 e. The van der Waals surface area contributed by atoms with Gasteiger partial charge in [-0.05, 0) is 34.8 Å². The maximum absolute atomic E-state index is 12.0. The molecule has 0 saturated carbocycles. The molecule has 0 bridgehead atoms. The first-order valence-electron chi connectivity index (χ1n) is 6.43. The van der Waals surface area contributed by atoms with Crippen molar-refractivity contribution < 1.29 is 9.90 Å². The van der Waals surface area contributed by atoms with Gasteiger partial charge in [-0.1, -0.05) is 13.8 Å². The summed E-state index contributed by atoms with van der Waals surface area (Å²) in [6, 6.07) is 1.04. The Labute approximate surface area is 126 Å². The van der Waals surface area contributed by atoms with E-state index in [0.29, 0.717) is 17.3 Å². The number of urea groups is 1. The number of aliphatic hydroxyl groups excluding tert-OH is 1. The number of carbonyl (C=O) groups is 1. The fourth-order valence-electron chi connectivity index (χ4n) is 1.84. The smallest absolute Gasteiger partial charge is 0.319 e. The zero-order valence-corrected chi connectivity index (χ0v) is 13.5. The van der Waals surface area contributed by atoms with Crippen LogP contribution < -0.4 is 16.2 Å². The van der Waals surface area contributed by atoms with Crippen molar-refractivity contribution in [2.24, 2.45) is 7.05 Å². The minimum Gasteiger partial charge on any atom is -0.394 e. The van der Waals surface area contributed by atoms with E-state index in [1.54, 1.807) is 19.3 Å². The molecule has 2 amide bonds. The van der Waals surface area contributed by atoms with Crippen molar-refractivity contribution in [1.82, 2.24) is 9.88 Å². The number of rotatable bonds is 5. The van der Waals surface area contributed by atoms with Gasteiger partial charge in [-0.25, -0.2) is 4.79 Å². The molecule has 0 aliphatic rings. The SMILES string of the molecule is CCC(CC)(CO)NC(=O)Nc1cc(Br)cn(C)c1=O. The molecular weight excluding hydrogens is 326 g/mol. The van der Waals surface area contributed by atoms with Gasteiger partial charge in [0.1, 0.15) is 5.69 Å². The number of aryl methyl sites for hydroxylation is 1. The number of hydrogen-bond donors (Lipinski definition) is 3. The van der Waals surface area contributed by atoms with E-state index in [1.807, 2.05) is 13.8 Å². The Morgan fingerprint density at radius 2 is 2.05 bits per heavy atom. The van der Waals surface area contributed by atoms with Crippen molar-refractivity contribution in [2.75, 3.05) is 11.9 Å². The van der Waals surface area contributed by atoms with Gasteiger partial charge >= 0.3 is 6.03 Å². The van der Waals surface area contributed by atoms with E-state index in [4.69, 9.17) is 0 Å². The van der Waals surface area contributed by atoms with E-state index >= 15 is 0 Å². The molecule has 1 rings (SSSR count). The highest BCUT2D eigenvalue weighted by molar-refractivity contribution is 9.10. The fourth-order valence-corrected chi connectivity index (χ4v) is 2.38. The molecule has 20 heavy (non-hydrogen) atoms. The number of carbonyl (C=O) groups excluding carboxylic acids is 1. The van der Waals surface area contributed by atoms with Crippen LogP contribution in [-0.2, 0) is 7.05 Å². The molecule has 0 unspecified atom stereocenters. The topological polar surface area (TPSA) is 83.4 Å². The molecule has 3 N–H and O–H groups in total. The molecule has 0 radical (unpaired) electrons. The van der Waals surface area contributed by atoms with Gasteiger partial charge in [0.15, 0.2) is 0 Å². The Morgan fingerprint density at radius 3 is 2.55 bits per heavy atom. The predicted octanol–water partition coefficient (Wildman–Crippen LogP) is 1.82. The minimum atomic E-state index is -0.665. The molecule has 1 aromatic heterocycles. The summed E-state index contributed by atoms with van der Waals surface area (Å²) < 4.78 is 2.06. The molecule has 1 aromatic rings. The van der Waals surface area contributed by atoms with Crippen molar-refractivity contribution in [3.05, 3.63) is 27.1 Å². The van der Waals surface area contributed by atoms with Gasteiger partial charge in [-0.2, -0.15) is 0 Å². The Morgan fingerprint density at radius 1 is 1.45 bits per heavy atom. The summed E-state index contributed by atoms with van der Waals surface area (Å²) in [6.07, 6.45) is 2.81. The molecular formula is C13H20BrN3O3. The lowest BCUT2D eigenvalue weighted by Crippen LogP contribution is -2.52. The Kier molecular flexibility index (Phi) is 5.76. The van der Waals surface area contributed by atoms with Crippen molar-refractivity contribution in [2.45, 2.75) is 32.2 Å². The molecule has 112 valence electrons. The van der Waals surface area contributed by atoms with Gasteiger partial charge in [-0.15, -0.1) is 0 Å². The third kappa shape index (κ3) is 3.83. The molecule has 0 saturated heterocycles. The van der Waals surface area contributed by atoms with Crippen LogP contribution in [0, 0.1) is 0 Å². The summed E-state index contributed by atoms with van der Waals surface area (Å²) in [4.78, 5) is 23.9. The maximum Gasteiger partial charge on any atom is 0.319 e. The van der Waals surface area contributed by atoms with Gasteiger partial charge in [0, 0.05) is 17.7 Å². The standard InChI is InChI=1S/C13H20BrN3O3/c1-4-13(5-2,8-18)16-12(20)15-10-6-9(14)7-17(3)11(10)19/h6-7,18H,4-5,8H2,1-3H3,(H2,15,16,20). The number of nitrogens with zero attached hydrogens (tertiary/aromatic N) is 1. The van der Waals surface area contributed by atoms with Crippen LogP contribution in [0.2, 0.25) is 0 Å². The maximum atomic E-state index is 12.0. The average molecular weight is 346 g/mol. The van der Waals surface area contributed by atoms with Crippen LogP contribution in [0.5, 0.6) is 0 Å². The van der Waals surface area contributed by atoms with Crippen molar-refractivity contribution in [3.8, 4) is 0 Å². The molecule has 0 fully saturated rings. The number of amides is 2. The Hall–Kier alpha value is -1.34. The molecule has 0 atom stereocenters. The summed E-state index contributed by atoms with van der Waals surface area (Å²) in [5.74, 6) is 0. The van der Waals surface area contributed by atoms with Crippen LogP contribution in [0.3, 0.4) is 0 Å². The van der Waals surface area contributed by atoms with Crippen LogP contribution in [0.1, 0.15) is 26.7 Å². The molecule has 1 heterocycles. The highest BCUT2D eigenvalue weighted by atomic mass is 79.9. The number of nitrogens with one attached hydrogen (secondary N) is 2. The number of hydrogen-bond acceptors (Lipinski definition) is 3. The van der Waals surface area contributed by atoms with Crippen LogP contribution >= 0.6 is 15.9 Å². The summed E-state index contributed by atoms with van der Waals surface area (Å²) >= 11 is 3.27. The highest BCUT2D eigenvalue weighted by Gasteiger charge is 2.27. The summed E-state index contributed by atoms with van der Waals surface area (Å²) in [5, 5.41) is 14.7. The second-order valence-corrected chi connectivity index (χ2v) is 5.63. The summed E-state index contributed by atoms with van der Waals surface area (Å²) in [5.41, 5.74) is -0.786. The predicted molar refractivity (Wildman–Crippen MR) is 81.9 cm³/mol. The van der Waals surface area contributed by atoms with E-state index in [0.717, 1.165) is 0 Å². The first-order valence-corrected chi connectivity index (χ1v) is 7.23. The van der Waals surface area contributed by atoms with E-state index in [2.05, 4.69) is 26.6 Å². The zero-order valence-electron chi connectivity index (χ0n) is 11.9. The van der Waals surface area contributed by atoms with Crippen molar-refractivity contribution >= 4 is 27.6 Å². The second-order valence-electron chi connectivity index (χ2n) is 4.71. The first kappa shape index (κ1) is 16.7. The zero-order chi connectivity index (χ0) is 15.3. The quantitative estimate of drug-likeness (QED) is 0.761. The van der Waals surface area contributed by atoms with Crippen LogP contribution in [0.25, 0.3) is 0 Å². The molecule has 6 nitrogen and oxygen atoms in total. The summed E-state index contributed by atoms with van der Waals surface area (Å²) in [6.45, 7) is 3.63. The van der Waals surface area contributed by atoms with Crippen LogP contribution in [0.4, 0.5) is 10.5 Å². The van der Waals surface area contributed by atoms with E-state index in [-0.39, 0.29) is 17.9 Å². The average Bonchev–Trinajstić information content (AvgIpc) is 2.42. The van der Waals surface area contributed by atoms with Gasteiger partial charge in [0.05, 0.1) is 12.1 Å². The van der Waals surface area contributed by atoms with E-state index in [1.165, 1.54) is 4.57 Å². The molecule has 0 spiro atoms. The van der Waals surface area contributed by atoms with Crippen LogP contribution in [0.15, 0.2) is 21.5 Å². The molecule has 0 aromatic carbocycles. The van der Waals surface area contributed by atoms with Gasteiger partial charge in [-0.3, -0.25) is 4.79 Å². The molecule has 7 heteroatoms. The number of aromatic nitrogens is 1. The number of pyridine rings is 1. The Bertz CT molecular complexity index is 530. The lowest BCUT2D eigenvalue weighted by molar-refractivity contribution is 0.155. The van der Waals surface area contributed by atoms with Crippen LogP contribution in [-0.4, -0.2) is 27.9 Å². The third-order valence-electron chi connectivity index (χ3n) is 3.43. The minimum absolute atomic E-state index is 0.149. The number of anilines is 1.